The van der Waals surface area contributed by atoms with Crippen molar-refractivity contribution in [1.82, 2.24) is 0 Å². The lowest BCUT2D eigenvalue weighted by Crippen LogP contribution is -2.33. The van der Waals surface area contributed by atoms with Crippen LogP contribution in [0.2, 0.25) is 5.02 Å². The SMILES string of the molecule is CCC/C(C[C@@H](C[N+](=O)[O-])c1ccccc1F)=C1/C(=O)N(C(=O)OC)c2ccc(Cl)cc21. The van der Waals surface area contributed by atoms with Crippen molar-refractivity contribution < 1.29 is 23.6 Å². The number of nitro groups is 1. The third-order valence-corrected chi connectivity index (χ3v) is 5.59. The Morgan fingerprint density at radius 3 is 2.62 bits per heavy atom. The van der Waals surface area contributed by atoms with E-state index in [4.69, 9.17) is 16.3 Å². The number of fused-ring (bicyclic) bond motifs is 1. The number of allylic oxidation sites excluding steroid dienone is 1. The maximum Gasteiger partial charge on any atom is 0.421 e. The van der Waals surface area contributed by atoms with Crippen LogP contribution < -0.4 is 4.90 Å². The Morgan fingerprint density at radius 2 is 2.00 bits per heavy atom. The second-order valence-electron chi connectivity index (χ2n) is 7.44. The van der Waals surface area contributed by atoms with E-state index < -0.39 is 35.2 Å². The standard InChI is InChI=1S/C23H22ClFN2O5/c1-3-6-14(11-15(13-26(30)31)17-7-4-5-8-19(17)25)21-18-12-16(24)9-10-20(18)27(22(21)28)23(29)32-2/h4-5,7-10,12,15H,3,6,11,13H2,1-2H3/b21-14-/t15-/m0/s1. The molecule has 168 valence electrons. The van der Waals surface area contributed by atoms with Gasteiger partial charge in [0.15, 0.2) is 0 Å². The van der Waals surface area contributed by atoms with Gasteiger partial charge in [-0.3, -0.25) is 14.9 Å². The molecule has 0 saturated carbocycles. The number of hydrogen-bond donors (Lipinski definition) is 0. The molecule has 0 aliphatic carbocycles. The predicted octanol–water partition coefficient (Wildman–Crippen LogP) is 5.60. The highest BCUT2D eigenvalue weighted by molar-refractivity contribution is 6.40. The van der Waals surface area contributed by atoms with Crippen molar-refractivity contribution in [3.05, 3.63) is 80.1 Å². The molecule has 1 aliphatic rings. The topological polar surface area (TPSA) is 89.8 Å². The molecule has 0 bridgehead atoms. The van der Waals surface area contributed by atoms with Crippen molar-refractivity contribution in [3.8, 4) is 0 Å². The summed E-state index contributed by atoms with van der Waals surface area (Å²) >= 11 is 6.16. The van der Waals surface area contributed by atoms with Crippen LogP contribution in [-0.4, -0.2) is 30.6 Å². The summed E-state index contributed by atoms with van der Waals surface area (Å²) in [4.78, 5) is 37.4. The molecule has 0 unspecified atom stereocenters. The first-order valence-corrected chi connectivity index (χ1v) is 10.5. The number of hydrogen-bond acceptors (Lipinski definition) is 5. The van der Waals surface area contributed by atoms with Gasteiger partial charge in [0, 0.05) is 21.1 Å². The molecule has 0 radical (unpaired) electrons. The maximum absolute atomic E-state index is 14.5. The Morgan fingerprint density at radius 1 is 1.28 bits per heavy atom. The summed E-state index contributed by atoms with van der Waals surface area (Å²) < 4.78 is 19.3. The van der Waals surface area contributed by atoms with Crippen LogP contribution in [0.3, 0.4) is 0 Å². The van der Waals surface area contributed by atoms with E-state index in [0.717, 1.165) is 4.90 Å². The van der Waals surface area contributed by atoms with E-state index >= 15 is 0 Å². The molecule has 0 fully saturated rings. The van der Waals surface area contributed by atoms with Gasteiger partial charge in [0.2, 0.25) is 6.54 Å². The van der Waals surface area contributed by atoms with Gasteiger partial charge in [0.1, 0.15) is 5.82 Å². The molecule has 3 rings (SSSR count). The first-order valence-electron chi connectivity index (χ1n) is 10.1. The van der Waals surface area contributed by atoms with Gasteiger partial charge < -0.3 is 4.74 Å². The third-order valence-electron chi connectivity index (χ3n) is 5.36. The van der Waals surface area contributed by atoms with Crippen molar-refractivity contribution in [2.24, 2.45) is 0 Å². The van der Waals surface area contributed by atoms with Gasteiger partial charge >= 0.3 is 6.09 Å². The fourth-order valence-corrected chi connectivity index (χ4v) is 4.21. The van der Waals surface area contributed by atoms with E-state index in [1.54, 1.807) is 24.3 Å². The largest absolute Gasteiger partial charge is 0.452 e. The number of rotatable bonds is 7. The van der Waals surface area contributed by atoms with Crippen molar-refractivity contribution in [2.75, 3.05) is 18.6 Å². The third kappa shape index (κ3) is 4.65. The number of anilines is 1. The molecule has 1 aliphatic heterocycles. The monoisotopic (exact) mass is 460 g/mol. The highest BCUT2D eigenvalue weighted by atomic mass is 35.5. The summed E-state index contributed by atoms with van der Waals surface area (Å²) in [5.74, 6) is -1.92. The minimum absolute atomic E-state index is 0.0811. The van der Waals surface area contributed by atoms with E-state index in [0.29, 0.717) is 34.7 Å². The summed E-state index contributed by atoms with van der Waals surface area (Å²) in [6.45, 7) is 1.40. The molecule has 32 heavy (non-hydrogen) atoms. The number of nitrogens with zero attached hydrogens (tertiary/aromatic N) is 2. The Balaban J connectivity index is 2.17. The zero-order chi connectivity index (χ0) is 23.4. The molecule has 7 nitrogen and oxygen atoms in total. The van der Waals surface area contributed by atoms with Crippen LogP contribution in [0.4, 0.5) is 14.9 Å². The molecule has 2 aromatic rings. The van der Waals surface area contributed by atoms with E-state index in [2.05, 4.69) is 0 Å². The smallest absolute Gasteiger partial charge is 0.421 e. The second kappa shape index (κ2) is 9.91. The molecule has 0 aromatic heterocycles. The van der Waals surface area contributed by atoms with Crippen LogP contribution in [0.25, 0.3) is 5.57 Å². The summed E-state index contributed by atoms with van der Waals surface area (Å²) in [6.07, 6.45) is 0.311. The molecular weight excluding hydrogens is 439 g/mol. The molecule has 2 amide bonds. The van der Waals surface area contributed by atoms with Crippen molar-refractivity contribution >= 4 is 34.9 Å². The Labute approximate surface area is 189 Å². The minimum Gasteiger partial charge on any atom is -0.452 e. The molecule has 0 spiro atoms. The average Bonchev–Trinajstić information content (AvgIpc) is 3.03. The minimum atomic E-state index is -0.847. The number of methoxy groups -OCH3 is 1. The molecule has 1 atom stereocenters. The van der Waals surface area contributed by atoms with Gasteiger partial charge in [-0.05, 0) is 42.7 Å². The van der Waals surface area contributed by atoms with Gasteiger partial charge in [0.25, 0.3) is 5.91 Å². The fourth-order valence-electron chi connectivity index (χ4n) is 4.04. The zero-order valence-corrected chi connectivity index (χ0v) is 18.4. The number of carbonyl (C=O) groups excluding carboxylic acids is 2. The van der Waals surface area contributed by atoms with Gasteiger partial charge in [0.05, 0.1) is 18.7 Å². The summed E-state index contributed by atoms with van der Waals surface area (Å²) in [6, 6.07) is 10.6. The van der Waals surface area contributed by atoms with Crippen LogP contribution in [-0.2, 0) is 9.53 Å². The molecule has 9 heteroatoms. The van der Waals surface area contributed by atoms with E-state index in [9.17, 15) is 24.1 Å². The summed E-state index contributed by atoms with van der Waals surface area (Å²) in [5, 5.41) is 11.7. The number of halogens is 2. The quantitative estimate of drug-likeness (QED) is 0.305. The second-order valence-corrected chi connectivity index (χ2v) is 7.87. The van der Waals surface area contributed by atoms with Crippen LogP contribution in [0.15, 0.2) is 48.0 Å². The van der Waals surface area contributed by atoms with Gasteiger partial charge in [-0.1, -0.05) is 48.7 Å². The van der Waals surface area contributed by atoms with E-state index in [-0.39, 0.29) is 17.6 Å². The van der Waals surface area contributed by atoms with Crippen LogP contribution in [0, 0.1) is 15.9 Å². The van der Waals surface area contributed by atoms with Crippen molar-refractivity contribution in [2.45, 2.75) is 32.1 Å². The lowest BCUT2D eigenvalue weighted by molar-refractivity contribution is -0.483. The number of benzene rings is 2. The van der Waals surface area contributed by atoms with Crippen LogP contribution >= 0.6 is 11.6 Å². The maximum atomic E-state index is 14.5. The van der Waals surface area contributed by atoms with Gasteiger partial charge in [-0.15, -0.1) is 0 Å². The van der Waals surface area contributed by atoms with E-state index in [1.807, 2.05) is 6.92 Å². The number of amides is 2. The Hall–Kier alpha value is -3.26. The van der Waals surface area contributed by atoms with E-state index in [1.165, 1.54) is 25.3 Å². The van der Waals surface area contributed by atoms with Gasteiger partial charge in [-0.25, -0.2) is 14.1 Å². The van der Waals surface area contributed by atoms with Crippen molar-refractivity contribution in [1.29, 1.82) is 0 Å². The molecule has 2 aromatic carbocycles. The summed E-state index contributed by atoms with van der Waals surface area (Å²) in [7, 11) is 1.17. The molecule has 1 heterocycles. The predicted molar refractivity (Wildman–Crippen MR) is 119 cm³/mol. The average molecular weight is 461 g/mol. The van der Waals surface area contributed by atoms with Crippen LogP contribution in [0.5, 0.6) is 0 Å². The normalized spacial score (nSPS) is 15.4. The van der Waals surface area contributed by atoms with Crippen LogP contribution in [0.1, 0.15) is 43.2 Å². The Bertz CT molecular complexity index is 1100. The lowest BCUT2D eigenvalue weighted by atomic mass is 9.86. The van der Waals surface area contributed by atoms with Gasteiger partial charge in [-0.2, -0.15) is 0 Å². The highest BCUT2D eigenvalue weighted by Crippen LogP contribution is 2.43. The molecule has 0 N–H and O–H groups in total. The zero-order valence-electron chi connectivity index (χ0n) is 17.6. The molecule has 0 saturated heterocycles. The molecular formula is C23H22ClFN2O5. The van der Waals surface area contributed by atoms with Crippen molar-refractivity contribution in [3.63, 3.8) is 0 Å². The number of imide groups is 1. The highest BCUT2D eigenvalue weighted by Gasteiger charge is 2.39. The number of ether oxygens (including phenoxy) is 1. The number of carbonyl (C=O) groups is 2. The fraction of sp³-hybridized carbons (Fsp3) is 0.304. The summed E-state index contributed by atoms with van der Waals surface area (Å²) in [5.41, 5.74) is 1.83. The first kappa shape index (κ1) is 23.4. The first-order chi connectivity index (χ1) is 15.3. The lowest BCUT2D eigenvalue weighted by Gasteiger charge is -2.18. The Kier molecular flexibility index (Phi) is 7.25.